The average Bonchev–Trinajstić information content (AvgIpc) is 1.60. The summed E-state index contributed by atoms with van der Waals surface area (Å²) in [4.78, 5) is 120. The molecule has 4 atom stereocenters. The van der Waals surface area contributed by atoms with E-state index < -0.39 is 22.4 Å². The highest BCUT2D eigenvalue weighted by atomic mass is 16.6. The summed E-state index contributed by atoms with van der Waals surface area (Å²) in [7, 11) is 9.44. The molecular formula is C120H177N9O12. The lowest BCUT2D eigenvalue weighted by Crippen LogP contribution is -2.48. The Bertz CT molecular complexity index is 5340. The van der Waals surface area contributed by atoms with Crippen molar-refractivity contribution < 1.29 is 57.3 Å². The zero-order valence-corrected chi connectivity index (χ0v) is 91.4. The van der Waals surface area contributed by atoms with Gasteiger partial charge in [-0.05, 0) is 401 Å². The summed E-state index contributed by atoms with van der Waals surface area (Å²) in [5.41, 5.74) is 22.5. The molecule has 1 aromatic heterocycles. The highest BCUT2D eigenvalue weighted by Gasteiger charge is 2.47. The standard InChI is InChI=1S/2C31H46N2O3.C30H45N3O3.C28H40N2O3/c1-20(2)17-28-27-18-26-21(3)9-8-10-24(26)25(27)15-16-33(28)29(34)23-13-11-22(12-14-23)19-32(7)30(35)36-31(4,5)6;1-20(2)17-27-26-18-24-10-8-9-21(3)28(24)25(26)15-16-33(27)29(34)23-13-11-22(12-14-23)19-32(7)30(35)36-31(4,5)6;1-20(2)18-26-27-24(23-10-8-9-11-25(23)32(27)7)16-17-33(26)28(34)22-14-12-21(13-15-22)19-31(6)29(35)36-30(3,4)5;1-6-25-24-17-21-9-7-8-10-22(21)23(24)15-16-30(25)26(31)20-13-11-19(12-14-20)18-29(5)27(32)33-28(2,3)4/h8-10,20,22-23,28H,11-19H2,1-7H3;8-10,20,22-23,27H,11-19H2,1-7H3;8-11,20-22,26H,12-19H2,1-7H3;7-10,19-20,25H,6,11-18H2,1-5H3. The van der Waals surface area contributed by atoms with E-state index in [9.17, 15) is 38.4 Å². The number of ether oxygens (including phenoxy) is 4. The van der Waals surface area contributed by atoms with Crippen molar-refractivity contribution in [2.75, 3.05) is 80.5 Å². The molecular weight excluding hydrogens is 1760 g/mol. The molecule has 0 radical (unpaired) electrons. The van der Waals surface area contributed by atoms with Crippen molar-refractivity contribution in [3.05, 3.63) is 157 Å². The second-order valence-corrected chi connectivity index (χ2v) is 49.1. The first kappa shape index (κ1) is 109. The van der Waals surface area contributed by atoms with E-state index in [0.717, 1.165) is 200 Å². The van der Waals surface area contributed by atoms with Gasteiger partial charge in [-0.1, -0.05) is 127 Å². The lowest BCUT2D eigenvalue weighted by Gasteiger charge is -2.41. The predicted octanol–water partition coefficient (Wildman–Crippen LogP) is 25.3. The van der Waals surface area contributed by atoms with Crippen LogP contribution >= 0.6 is 0 Å². The largest absolute Gasteiger partial charge is 0.444 e. The van der Waals surface area contributed by atoms with E-state index in [4.69, 9.17) is 18.9 Å². The predicted molar refractivity (Wildman–Crippen MR) is 568 cm³/mol. The van der Waals surface area contributed by atoms with Crippen LogP contribution < -0.4 is 0 Å². The minimum absolute atomic E-state index is 0.0824. The molecule has 21 heteroatoms. The van der Waals surface area contributed by atoms with Crippen LogP contribution in [0.2, 0.25) is 0 Å². The van der Waals surface area contributed by atoms with E-state index in [0.29, 0.717) is 91.2 Å². The maximum Gasteiger partial charge on any atom is 0.410 e. The third kappa shape index (κ3) is 27.0. The van der Waals surface area contributed by atoms with E-state index >= 15 is 0 Å². The van der Waals surface area contributed by atoms with E-state index in [1.807, 2.05) is 111 Å². The van der Waals surface area contributed by atoms with Gasteiger partial charge < -0.3 is 62.7 Å². The molecule has 21 nitrogen and oxygen atoms in total. The van der Waals surface area contributed by atoms with Gasteiger partial charge in [0.1, 0.15) is 22.4 Å². The van der Waals surface area contributed by atoms with Crippen LogP contribution in [0.15, 0.2) is 102 Å². The van der Waals surface area contributed by atoms with Crippen LogP contribution in [0.1, 0.15) is 341 Å². The van der Waals surface area contributed by atoms with Crippen LogP contribution in [0, 0.1) is 78.9 Å². The van der Waals surface area contributed by atoms with Crippen molar-refractivity contribution in [2.45, 2.75) is 365 Å². The molecule has 11 aliphatic rings. The Hall–Kier alpha value is -9.40. The third-order valence-corrected chi connectivity index (χ3v) is 32.1. The normalized spacial score (nSPS) is 23.8. The summed E-state index contributed by atoms with van der Waals surface area (Å²) in [5, 5.41) is 1.34. The van der Waals surface area contributed by atoms with Crippen molar-refractivity contribution in [2.24, 2.45) is 72.1 Å². The van der Waals surface area contributed by atoms with Crippen molar-refractivity contribution in [1.82, 2.24) is 43.8 Å². The second kappa shape index (κ2) is 46.3. The Morgan fingerprint density at radius 2 is 0.674 bits per heavy atom. The summed E-state index contributed by atoms with van der Waals surface area (Å²) >= 11 is 0. The van der Waals surface area contributed by atoms with E-state index in [-0.39, 0.29) is 72.2 Å². The monoisotopic (exact) mass is 1940 g/mol. The molecule has 4 aromatic carbocycles. The van der Waals surface area contributed by atoms with Gasteiger partial charge in [-0.25, -0.2) is 19.2 Å². The van der Waals surface area contributed by atoms with E-state index in [1.54, 1.807) is 19.6 Å². The van der Waals surface area contributed by atoms with Gasteiger partial charge in [-0.2, -0.15) is 0 Å². The van der Waals surface area contributed by atoms with Crippen LogP contribution in [0.3, 0.4) is 0 Å². The van der Waals surface area contributed by atoms with Crippen LogP contribution in [0.5, 0.6) is 0 Å². The number of carbonyl (C=O) groups excluding carboxylic acids is 8. The number of aryl methyl sites for hydroxylation is 3. The lowest BCUT2D eigenvalue weighted by molar-refractivity contribution is -0.141. The fraction of sp³-hybridized carbons (Fsp3) is 0.667. The maximum absolute atomic E-state index is 13.9. The number of aromatic nitrogens is 1. The average molecular weight is 1940 g/mol. The molecule has 4 fully saturated rings. The Balaban J connectivity index is 0.000000158. The number of hydrogen-bond acceptors (Lipinski definition) is 12. The van der Waals surface area contributed by atoms with Gasteiger partial charge in [0.25, 0.3) is 0 Å². The highest BCUT2D eigenvalue weighted by Crippen LogP contribution is 2.50. The van der Waals surface area contributed by atoms with Crippen molar-refractivity contribution in [1.29, 1.82) is 0 Å². The number of fused-ring (bicyclic) bond motifs is 9. The van der Waals surface area contributed by atoms with Crippen LogP contribution in [-0.4, -0.2) is 213 Å². The molecule has 4 unspecified atom stereocenters. The third-order valence-electron chi connectivity index (χ3n) is 32.1. The summed E-state index contributed by atoms with van der Waals surface area (Å²) < 4.78 is 24.3. The molecule has 774 valence electrons. The quantitative estimate of drug-likeness (QED) is 0.0708. The molecule has 0 saturated heterocycles. The number of rotatable bonds is 19. The Labute approximate surface area is 847 Å². The number of para-hydroxylation sites is 1. The summed E-state index contributed by atoms with van der Waals surface area (Å²) in [6, 6.07) is 31.6. The molecule has 0 bridgehead atoms. The van der Waals surface area contributed by atoms with Crippen molar-refractivity contribution >= 4 is 75.6 Å². The lowest BCUT2D eigenvalue weighted by atomic mass is 9.79. The smallest absolute Gasteiger partial charge is 0.410 e. The summed E-state index contributed by atoms with van der Waals surface area (Å²) in [6.07, 6.45) is 25.1. The Kier molecular flexibility index (Phi) is 35.8. The molecule has 16 rings (SSSR count). The Morgan fingerprint density at radius 3 is 1.09 bits per heavy atom. The van der Waals surface area contributed by atoms with Gasteiger partial charge in [-0.3, -0.25) is 19.2 Å². The summed E-state index contributed by atoms with van der Waals surface area (Å²) in [6.45, 7) is 49.1. The zero-order valence-electron chi connectivity index (χ0n) is 91.4. The van der Waals surface area contributed by atoms with Gasteiger partial charge >= 0.3 is 24.4 Å². The van der Waals surface area contributed by atoms with Crippen molar-refractivity contribution in [3.8, 4) is 0 Å². The molecule has 141 heavy (non-hydrogen) atoms. The minimum atomic E-state index is -0.486. The fourth-order valence-corrected chi connectivity index (χ4v) is 25.4. The Morgan fingerprint density at radius 1 is 0.355 bits per heavy atom. The molecule has 5 aromatic rings. The molecule has 0 spiro atoms. The molecule has 4 aliphatic heterocycles. The molecule has 0 N–H and O–H groups in total. The number of hydrogen-bond donors (Lipinski definition) is 0. The van der Waals surface area contributed by atoms with E-state index in [2.05, 4.69) is 178 Å². The minimum Gasteiger partial charge on any atom is -0.444 e. The topological polar surface area (TPSA) is 204 Å². The SMILES string of the molecule is CC(C)CC1c2c(c3ccccc3n2C)CCN1C(=O)C1CCC(CN(C)C(=O)OC(C)(C)C)CC1.CCC1C2=C(CCN1C(=O)C1CCC(CN(C)C(=O)OC(C)(C)C)CC1)c1ccccc1C2.Cc1cccc2c1C1=C(C2)C(CC(C)C)N(C(=O)C2CCC(CN(C)C(=O)OC(C)(C)C)CC2)CC1.Cc1cccc2c1CC1=C2CCN(C(=O)C2CCC(CN(C)C(=O)OC(C)(C)C)CC2)C1CC(C)C. The number of benzene rings is 4. The molecule has 7 aliphatic carbocycles. The van der Waals surface area contributed by atoms with Crippen LogP contribution in [0.4, 0.5) is 19.2 Å². The summed E-state index contributed by atoms with van der Waals surface area (Å²) in [5.74, 6) is 5.13. The van der Waals surface area contributed by atoms with Gasteiger partial charge in [-0.15, -0.1) is 0 Å². The number of amides is 8. The number of nitrogens with zero attached hydrogens (tertiary/aromatic N) is 9. The van der Waals surface area contributed by atoms with Gasteiger partial charge in [0.15, 0.2) is 0 Å². The van der Waals surface area contributed by atoms with Crippen LogP contribution in [0.25, 0.3) is 27.6 Å². The fourth-order valence-electron chi connectivity index (χ4n) is 25.4. The van der Waals surface area contributed by atoms with Gasteiger partial charge in [0, 0.05) is 128 Å². The molecule has 8 amide bonds. The first-order chi connectivity index (χ1) is 66.5. The van der Waals surface area contributed by atoms with Crippen molar-refractivity contribution in [3.63, 3.8) is 0 Å². The number of carbonyl (C=O) groups is 8. The first-order valence-electron chi connectivity index (χ1n) is 54.5. The zero-order chi connectivity index (χ0) is 102. The van der Waals surface area contributed by atoms with E-state index in [1.165, 1.54) is 100 Å². The molecule has 4 saturated carbocycles. The molecule has 5 heterocycles. The van der Waals surface area contributed by atoms with Crippen LogP contribution in [-0.2, 0) is 70.9 Å². The van der Waals surface area contributed by atoms with Gasteiger partial charge in [0.2, 0.25) is 23.6 Å². The highest BCUT2D eigenvalue weighted by molar-refractivity contribution is 5.90. The first-order valence-corrected chi connectivity index (χ1v) is 54.5. The maximum atomic E-state index is 13.9. The second-order valence-electron chi connectivity index (χ2n) is 49.1. The van der Waals surface area contributed by atoms with Gasteiger partial charge in [0.05, 0.1) is 24.2 Å².